The van der Waals surface area contributed by atoms with Crippen LogP contribution in [0.2, 0.25) is 0 Å². The summed E-state index contributed by atoms with van der Waals surface area (Å²) in [5, 5.41) is 0. The highest BCUT2D eigenvalue weighted by atomic mass is 16.6. The van der Waals surface area contributed by atoms with E-state index < -0.39 is 0 Å². The summed E-state index contributed by atoms with van der Waals surface area (Å²) in [6, 6.07) is 0. The Hall–Kier alpha value is -0.860. The Morgan fingerprint density at radius 1 is 1.50 bits per heavy atom. The van der Waals surface area contributed by atoms with Crippen LogP contribution >= 0.6 is 0 Å². The van der Waals surface area contributed by atoms with E-state index in [0.29, 0.717) is 0 Å². The van der Waals surface area contributed by atoms with Gasteiger partial charge in [0.2, 0.25) is 0 Å². The van der Waals surface area contributed by atoms with Crippen molar-refractivity contribution in [1.29, 1.82) is 0 Å². The maximum atomic E-state index is 11.0. The normalized spacial score (nSPS) is 37.4. The molecule has 0 aromatic heterocycles. The van der Waals surface area contributed by atoms with Crippen molar-refractivity contribution in [3.8, 4) is 0 Å². The summed E-state index contributed by atoms with van der Waals surface area (Å²) in [6.07, 6.45) is 1.57. The molecule has 0 amide bonds. The summed E-state index contributed by atoms with van der Waals surface area (Å²) in [5.41, 5.74) is 0. The first-order valence-corrected chi connectivity index (χ1v) is 3.89. The molecule has 68 valence electrons. The van der Waals surface area contributed by atoms with Gasteiger partial charge >= 0.3 is 5.97 Å². The van der Waals surface area contributed by atoms with E-state index in [4.69, 9.17) is 4.74 Å². The largest absolute Gasteiger partial charge is 0.462 e. The predicted octanol–water partition coefficient (Wildman–Crippen LogP) is 1.16. The van der Waals surface area contributed by atoms with Crippen molar-refractivity contribution < 1.29 is 14.3 Å². The molecule has 12 heavy (non-hydrogen) atoms. The van der Waals surface area contributed by atoms with E-state index in [2.05, 4.69) is 0 Å². The third-order valence-electron chi connectivity index (χ3n) is 2.63. The van der Waals surface area contributed by atoms with Crippen LogP contribution in [0, 0.1) is 11.8 Å². The monoisotopic (exact) mass is 170 g/mol. The van der Waals surface area contributed by atoms with Crippen molar-refractivity contribution >= 4 is 11.8 Å². The van der Waals surface area contributed by atoms with E-state index in [1.165, 1.54) is 0 Å². The van der Waals surface area contributed by atoms with Gasteiger partial charge in [-0.05, 0) is 19.8 Å². The van der Waals surface area contributed by atoms with Gasteiger partial charge in [-0.2, -0.15) is 0 Å². The first kappa shape index (κ1) is 9.23. The van der Waals surface area contributed by atoms with Crippen LogP contribution in [0.5, 0.6) is 0 Å². The molecular formula is C9H14O3. The zero-order valence-electron chi connectivity index (χ0n) is 6.37. The van der Waals surface area contributed by atoms with E-state index in [-0.39, 0.29) is 37.1 Å². The zero-order valence-corrected chi connectivity index (χ0v) is 6.37. The lowest BCUT2D eigenvalue weighted by atomic mass is 9.92. The minimum Gasteiger partial charge on any atom is -0.462 e. The molecule has 2 aliphatic rings. The zero-order chi connectivity index (χ0) is 8.01. The molecule has 2 bridgehead atoms. The molecule has 1 saturated heterocycles. The molecule has 2 fully saturated rings. The van der Waals surface area contributed by atoms with E-state index in [1.807, 2.05) is 0 Å². The molecule has 1 heterocycles. The molecule has 2 rings (SSSR count). The van der Waals surface area contributed by atoms with Crippen molar-refractivity contribution in [1.82, 2.24) is 0 Å². The SMILES string of the molecule is C.CC(=O)C1CC2CC1C(=O)O2. The van der Waals surface area contributed by atoms with Crippen molar-refractivity contribution in [2.45, 2.75) is 33.3 Å². The van der Waals surface area contributed by atoms with Gasteiger partial charge in [-0.1, -0.05) is 7.43 Å². The maximum absolute atomic E-state index is 11.0. The van der Waals surface area contributed by atoms with Crippen LogP contribution in [-0.4, -0.2) is 17.9 Å². The van der Waals surface area contributed by atoms with Gasteiger partial charge in [0, 0.05) is 5.92 Å². The lowest BCUT2D eigenvalue weighted by molar-refractivity contribution is -0.152. The third-order valence-corrected chi connectivity index (χ3v) is 2.63. The molecule has 3 unspecified atom stereocenters. The van der Waals surface area contributed by atoms with E-state index in [1.54, 1.807) is 6.92 Å². The highest BCUT2D eigenvalue weighted by Gasteiger charge is 2.49. The van der Waals surface area contributed by atoms with Crippen LogP contribution in [0.4, 0.5) is 0 Å². The molecule has 3 atom stereocenters. The van der Waals surface area contributed by atoms with Gasteiger partial charge in [0.15, 0.2) is 0 Å². The standard InChI is InChI=1S/C8H10O3.CH4/c1-4(9)6-2-5-3-7(6)8(10)11-5;/h5-7H,2-3H2,1H3;1H4. The van der Waals surface area contributed by atoms with E-state index in [9.17, 15) is 9.59 Å². The van der Waals surface area contributed by atoms with Crippen LogP contribution in [0.25, 0.3) is 0 Å². The predicted molar refractivity (Wildman–Crippen MR) is 43.5 cm³/mol. The number of hydrogen-bond acceptors (Lipinski definition) is 3. The Labute approximate surface area is 72.1 Å². The lowest BCUT2D eigenvalue weighted by Crippen LogP contribution is -2.27. The lowest BCUT2D eigenvalue weighted by Gasteiger charge is -2.17. The van der Waals surface area contributed by atoms with Gasteiger partial charge in [-0.3, -0.25) is 9.59 Å². The fraction of sp³-hybridized carbons (Fsp3) is 0.778. The molecule has 0 aromatic carbocycles. The molecule has 1 aliphatic carbocycles. The second-order valence-corrected chi connectivity index (χ2v) is 3.35. The van der Waals surface area contributed by atoms with Crippen molar-refractivity contribution in [3.63, 3.8) is 0 Å². The number of fused-ring (bicyclic) bond motifs is 2. The summed E-state index contributed by atoms with van der Waals surface area (Å²) in [5.74, 6) is -0.186. The van der Waals surface area contributed by atoms with Crippen molar-refractivity contribution in [2.75, 3.05) is 0 Å². The summed E-state index contributed by atoms with van der Waals surface area (Å²) in [6.45, 7) is 1.55. The number of carbonyl (C=O) groups is 2. The van der Waals surface area contributed by atoms with E-state index in [0.717, 1.165) is 12.8 Å². The highest BCUT2D eigenvalue weighted by Crippen LogP contribution is 2.41. The smallest absolute Gasteiger partial charge is 0.310 e. The fourth-order valence-electron chi connectivity index (χ4n) is 2.05. The minimum absolute atomic E-state index is 0. The summed E-state index contributed by atoms with van der Waals surface area (Å²) in [4.78, 5) is 21.9. The third kappa shape index (κ3) is 1.13. The molecular weight excluding hydrogens is 156 g/mol. The number of Topliss-reactive ketones (excluding diaryl/α,β-unsaturated/α-hetero) is 1. The van der Waals surface area contributed by atoms with Gasteiger partial charge in [0.05, 0.1) is 5.92 Å². The van der Waals surface area contributed by atoms with Crippen LogP contribution in [0.1, 0.15) is 27.2 Å². The van der Waals surface area contributed by atoms with Crippen LogP contribution in [-0.2, 0) is 14.3 Å². The molecule has 0 aromatic rings. The number of carbonyl (C=O) groups excluding carboxylic acids is 2. The number of esters is 1. The highest BCUT2D eigenvalue weighted by molar-refractivity contribution is 5.87. The fourth-order valence-corrected chi connectivity index (χ4v) is 2.05. The molecule has 1 saturated carbocycles. The Morgan fingerprint density at radius 2 is 2.17 bits per heavy atom. The first-order chi connectivity index (χ1) is 5.18. The summed E-state index contributed by atoms with van der Waals surface area (Å²) >= 11 is 0. The second kappa shape index (κ2) is 2.88. The second-order valence-electron chi connectivity index (χ2n) is 3.35. The van der Waals surface area contributed by atoms with Crippen LogP contribution < -0.4 is 0 Å². The van der Waals surface area contributed by atoms with E-state index >= 15 is 0 Å². The Kier molecular flexibility index (Phi) is 2.22. The Bertz CT molecular complexity index is 222. The summed E-state index contributed by atoms with van der Waals surface area (Å²) < 4.78 is 4.95. The number of hydrogen-bond donors (Lipinski definition) is 0. The van der Waals surface area contributed by atoms with Gasteiger partial charge in [-0.25, -0.2) is 0 Å². The summed E-state index contributed by atoms with van der Waals surface area (Å²) in [7, 11) is 0. The quantitative estimate of drug-likeness (QED) is 0.555. The maximum Gasteiger partial charge on any atom is 0.310 e. The molecule has 0 spiro atoms. The van der Waals surface area contributed by atoms with Crippen molar-refractivity contribution in [2.24, 2.45) is 11.8 Å². The topological polar surface area (TPSA) is 43.4 Å². The number of rotatable bonds is 1. The van der Waals surface area contributed by atoms with Crippen molar-refractivity contribution in [3.05, 3.63) is 0 Å². The average Bonchev–Trinajstić information content (AvgIpc) is 2.43. The number of ether oxygens (including phenoxy) is 1. The molecule has 3 heteroatoms. The van der Waals surface area contributed by atoms with Gasteiger partial charge < -0.3 is 4.74 Å². The number of ketones is 1. The average molecular weight is 170 g/mol. The molecule has 0 N–H and O–H groups in total. The first-order valence-electron chi connectivity index (χ1n) is 3.89. The van der Waals surface area contributed by atoms with Crippen LogP contribution in [0.3, 0.4) is 0 Å². The molecule has 0 radical (unpaired) electrons. The molecule has 3 nitrogen and oxygen atoms in total. The Morgan fingerprint density at radius 3 is 2.50 bits per heavy atom. The van der Waals surface area contributed by atoms with Gasteiger partial charge in [-0.15, -0.1) is 0 Å². The van der Waals surface area contributed by atoms with Gasteiger partial charge in [0.1, 0.15) is 11.9 Å². The molecule has 1 aliphatic heterocycles. The van der Waals surface area contributed by atoms with Gasteiger partial charge in [0.25, 0.3) is 0 Å². The minimum atomic E-state index is -0.165. The van der Waals surface area contributed by atoms with Crippen LogP contribution in [0.15, 0.2) is 0 Å². The Balaban J connectivity index is 0.000000720.